The van der Waals surface area contributed by atoms with E-state index in [0.29, 0.717) is 11.8 Å². The van der Waals surface area contributed by atoms with Crippen molar-refractivity contribution in [3.05, 3.63) is 23.7 Å². The molecule has 1 saturated carbocycles. The molecule has 2 atom stereocenters. The third kappa shape index (κ3) is 2.27. The van der Waals surface area contributed by atoms with E-state index in [1.165, 1.54) is 11.3 Å². The molecule has 1 fully saturated rings. The molecule has 1 heterocycles. The average molecular weight is 248 g/mol. The van der Waals surface area contributed by atoms with Crippen molar-refractivity contribution in [2.75, 3.05) is 5.32 Å². The number of carbonyl (C=O) groups is 1. The Hall–Kier alpha value is -1.16. The van der Waals surface area contributed by atoms with Crippen LogP contribution >= 0.6 is 11.3 Å². The normalized spacial score (nSPS) is 31.2. The fourth-order valence-electron chi connectivity index (χ4n) is 2.91. The molecule has 0 bridgehead atoms. The second-order valence-corrected chi connectivity index (χ2v) is 5.70. The fourth-order valence-corrected chi connectivity index (χ4v) is 3.44. The van der Waals surface area contributed by atoms with Crippen molar-refractivity contribution in [2.45, 2.75) is 25.7 Å². The van der Waals surface area contributed by atoms with Gasteiger partial charge in [0.05, 0.1) is 0 Å². The Labute approximate surface area is 105 Å². The van der Waals surface area contributed by atoms with Crippen molar-refractivity contribution in [1.82, 2.24) is 4.98 Å². The average Bonchev–Trinajstić information content (AvgIpc) is 2.72. The van der Waals surface area contributed by atoms with Crippen molar-refractivity contribution in [3.8, 4) is 0 Å². The van der Waals surface area contributed by atoms with Gasteiger partial charge < -0.3 is 5.32 Å². The van der Waals surface area contributed by atoms with Crippen molar-refractivity contribution in [3.63, 3.8) is 0 Å². The zero-order valence-electron chi connectivity index (χ0n) is 9.63. The van der Waals surface area contributed by atoms with Gasteiger partial charge in [0.1, 0.15) is 0 Å². The van der Waals surface area contributed by atoms with E-state index < -0.39 is 0 Å². The van der Waals surface area contributed by atoms with Gasteiger partial charge in [-0.3, -0.25) is 4.79 Å². The molecule has 1 amide bonds. The molecule has 3 rings (SSSR count). The lowest BCUT2D eigenvalue weighted by Crippen LogP contribution is -2.15. The van der Waals surface area contributed by atoms with E-state index in [-0.39, 0.29) is 11.8 Å². The third-order valence-corrected chi connectivity index (χ3v) is 4.49. The van der Waals surface area contributed by atoms with E-state index in [1.807, 2.05) is 5.38 Å². The molecular formula is C13H16N2OS. The highest BCUT2D eigenvalue weighted by Gasteiger charge is 2.53. The van der Waals surface area contributed by atoms with Crippen molar-refractivity contribution < 1.29 is 4.79 Å². The van der Waals surface area contributed by atoms with Crippen LogP contribution in [0.25, 0.3) is 0 Å². The highest BCUT2D eigenvalue weighted by atomic mass is 32.1. The van der Waals surface area contributed by atoms with Crippen LogP contribution in [0.5, 0.6) is 0 Å². The number of amides is 1. The Morgan fingerprint density at radius 3 is 2.59 bits per heavy atom. The smallest absolute Gasteiger partial charge is 0.229 e. The van der Waals surface area contributed by atoms with Crippen LogP contribution in [0.4, 0.5) is 5.13 Å². The van der Waals surface area contributed by atoms with Crippen LogP contribution < -0.4 is 5.32 Å². The second kappa shape index (κ2) is 4.61. The van der Waals surface area contributed by atoms with Gasteiger partial charge in [-0.05, 0) is 37.5 Å². The van der Waals surface area contributed by atoms with E-state index in [1.54, 1.807) is 6.20 Å². The Kier molecular flexibility index (Phi) is 2.97. The topological polar surface area (TPSA) is 42.0 Å². The molecule has 2 aliphatic carbocycles. The molecule has 1 aromatic rings. The highest BCUT2D eigenvalue weighted by molar-refractivity contribution is 7.13. The molecule has 0 spiro atoms. The predicted molar refractivity (Wildman–Crippen MR) is 68.8 cm³/mol. The van der Waals surface area contributed by atoms with Crippen LogP contribution in [0.2, 0.25) is 0 Å². The number of nitrogens with zero attached hydrogens (tertiary/aromatic N) is 1. The van der Waals surface area contributed by atoms with E-state index in [9.17, 15) is 4.79 Å². The number of hydrogen-bond donors (Lipinski definition) is 1. The molecule has 1 aromatic heterocycles. The lowest BCUT2D eigenvalue weighted by Gasteiger charge is -1.99. The van der Waals surface area contributed by atoms with Gasteiger partial charge in [0, 0.05) is 17.5 Å². The van der Waals surface area contributed by atoms with Crippen LogP contribution in [0.1, 0.15) is 25.7 Å². The second-order valence-electron chi connectivity index (χ2n) is 4.81. The Balaban J connectivity index is 1.61. The van der Waals surface area contributed by atoms with Crippen molar-refractivity contribution in [1.29, 1.82) is 0 Å². The molecule has 0 unspecified atom stereocenters. The van der Waals surface area contributed by atoms with Crippen LogP contribution in [0.3, 0.4) is 0 Å². The summed E-state index contributed by atoms with van der Waals surface area (Å²) >= 11 is 1.48. The maximum Gasteiger partial charge on any atom is 0.229 e. The minimum Gasteiger partial charge on any atom is -0.302 e. The van der Waals surface area contributed by atoms with Crippen molar-refractivity contribution in [2.24, 2.45) is 17.8 Å². The van der Waals surface area contributed by atoms with E-state index in [4.69, 9.17) is 0 Å². The van der Waals surface area contributed by atoms with Gasteiger partial charge in [-0.25, -0.2) is 4.98 Å². The first-order valence-corrected chi connectivity index (χ1v) is 7.09. The molecule has 90 valence electrons. The predicted octanol–water partition coefficient (Wildman–Crippen LogP) is 3.07. The largest absolute Gasteiger partial charge is 0.302 e. The number of rotatable bonds is 2. The maximum absolute atomic E-state index is 12.1. The van der Waals surface area contributed by atoms with Crippen LogP contribution in [0.15, 0.2) is 23.7 Å². The summed E-state index contributed by atoms with van der Waals surface area (Å²) in [7, 11) is 0. The first kappa shape index (κ1) is 11.0. The molecule has 2 aliphatic rings. The SMILES string of the molecule is O=C(Nc1nccs1)C1[C@H]2CCC=CCC[C@H]12. The lowest BCUT2D eigenvalue weighted by atomic mass is 10.1. The van der Waals surface area contributed by atoms with E-state index in [0.717, 1.165) is 30.8 Å². The maximum atomic E-state index is 12.1. The van der Waals surface area contributed by atoms with Crippen LogP contribution in [0, 0.1) is 17.8 Å². The van der Waals surface area contributed by atoms with Gasteiger partial charge in [-0.2, -0.15) is 0 Å². The van der Waals surface area contributed by atoms with Gasteiger partial charge in [0.15, 0.2) is 5.13 Å². The summed E-state index contributed by atoms with van der Waals surface area (Å²) in [6.45, 7) is 0. The number of nitrogens with one attached hydrogen (secondary N) is 1. The lowest BCUT2D eigenvalue weighted by molar-refractivity contribution is -0.117. The first-order chi connectivity index (χ1) is 8.36. The third-order valence-electron chi connectivity index (χ3n) is 3.80. The monoisotopic (exact) mass is 248 g/mol. The van der Waals surface area contributed by atoms with E-state index >= 15 is 0 Å². The van der Waals surface area contributed by atoms with Crippen LogP contribution in [-0.2, 0) is 4.79 Å². The minimum absolute atomic E-state index is 0.178. The number of allylic oxidation sites excluding steroid dienone is 2. The molecule has 17 heavy (non-hydrogen) atoms. The summed E-state index contributed by atoms with van der Waals surface area (Å²) in [6, 6.07) is 0. The number of thiazole rings is 1. The Morgan fingerprint density at radius 2 is 2.00 bits per heavy atom. The standard InChI is InChI=1S/C13H16N2OS/c16-12(15-13-14-7-8-17-13)11-9-5-3-1-2-4-6-10(9)11/h1-2,7-11H,3-6H2,(H,14,15,16)/t9-,10-/m0/s1. The summed E-state index contributed by atoms with van der Waals surface area (Å²) in [4.78, 5) is 16.2. The number of aromatic nitrogens is 1. The highest BCUT2D eigenvalue weighted by Crippen LogP contribution is 2.53. The summed E-state index contributed by atoms with van der Waals surface area (Å²) in [5, 5.41) is 5.54. The zero-order chi connectivity index (χ0) is 11.7. The number of fused-ring (bicyclic) bond motifs is 1. The van der Waals surface area contributed by atoms with Gasteiger partial charge in [0.2, 0.25) is 5.91 Å². The molecular weight excluding hydrogens is 232 g/mol. The summed E-state index contributed by atoms with van der Waals surface area (Å²) < 4.78 is 0. The van der Waals surface area contributed by atoms with Gasteiger partial charge >= 0.3 is 0 Å². The van der Waals surface area contributed by atoms with Crippen molar-refractivity contribution >= 4 is 22.4 Å². The molecule has 3 nitrogen and oxygen atoms in total. The van der Waals surface area contributed by atoms with Crippen LogP contribution in [-0.4, -0.2) is 10.9 Å². The van der Waals surface area contributed by atoms with Gasteiger partial charge in [-0.15, -0.1) is 11.3 Å². The summed E-state index contributed by atoms with van der Waals surface area (Å²) in [6.07, 6.45) is 10.8. The minimum atomic E-state index is 0.178. The van der Waals surface area contributed by atoms with Gasteiger partial charge in [0.25, 0.3) is 0 Å². The Bertz CT molecular complexity index is 411. The number of hydrogen-bond acceptors (Lipinski definition) is 3. The first-order valence-electron chi connectivity index (χ1n) is 6.21. The molecule has 1 N–H and O–H groups in total. The Morgan fingerprint density at radius 1 is 1.29 bits per heavy atom. The molecule has 4 heteroatoms. The molecule has 0 radical (unpaired) electrons. The number of carbonyl (C=O) groups excluding carboxylic acids is 1. The quantitative estimate of drug-likeness (QED) is 0.817. The molecule has 0 aliphatic heterocycles. The fraction of sp³-hybridized carbons (Fsp3) is 0.538. The van der Waals surface area contributed by atoms with E-state index in [2.05, 4.69) is 22.5 Å². The molecule has 0 aromatic carbocycles. The summed E-state index contributed by atoms with van der Waals surface area (Å²) in [5.74, 6) is 1.63. The zero-order valence-corrected chi connectivity index (χ0v) is 10.5. The summed E-state index contributed by atoms with van der Waals surface area (Å²) in [5.41, 5.74) is 0. The number of anilines is 1. The molecule has 0 saturated heterocycles. The van der Waals surface area contributed by atoms with Gasteiger partial charge in [-0.1, -0.05) is 12.2 Å².